The van der Waals surface area contributed by atoms with E-state index >= 15 is 0 Å². The first kappa shape index (κ1) is 14.2. The van der Waals surface area contributed by atoms with Crippen LogP contribution in [-0.2, 0) is 4.79 Å². The summed E-state index contributed by atoms with van der Waals surface area (Å²) in [4.78, 5) is 11.9. The minimum absolute atomic E-state index is 0.266. The molecule has 0 bridgehead atoms. The first-order valence-corrected chi connectivity index (χ1v) is 8.15. The van der Waals surface area contributed by atoms with Crippen molar-refractivity contribution < 1.29 is 4.79 Å². The number of amides is 1. The molecule has 3 heteroatoms. The van der Waals surface area contributed by atoms with Crippen LogP contribution in [0, 0.1) is 17.8 Å². The van der Waals surface area contributed by atoms with Crippen molar-refractivity contribution in [2.24, 2.45) is 17.8 Å². The van der Waals surface area contributed by atoms with Crippen molar-refractivity contribution in [1.82, 2.24) is 5.32 Å². The number of hydrogen-bond acceptors (Lipinski definition) is 1. The van der Waals surface area contributed by atoms with Crippen molar-refractivity contribution in [3.05, 3.63) is 0 Å². The average molecular weight is 272 g/mol. The van der Waals surface area contributed by atoms with Gasteiger partial charge in [0.05, 0.1) is 0 Å². The highest BCUT2D eigenvalue weighted by molar-refractivity contribution is 6.18. The standard InChI is InChI=1S/C15H26ClNO/c16-10-13-7-4-8-14(13)11-17-15(18)9-12-5-2-1-3-6-12/h12-14H,1-11H2,(H,17,18). The van der Waals surface area contributed by atoms with Crippen molar-refractivity contribution in [2.75, 3.05) is 12.4 Å². The molecule has 0 radical (unpaired) electrons. The van der Waals surface area contributed by atoms with E-state index in [0.717, 1.165) is 18.8 Å². The van der Waals surface area contributed by atoms with Gasteiger partial charge in [0, 0.05) is 18.8 Å². The molecule has 18 heavy (non-hydrogen) atoms. The van der Waals surface area contributed by atoms with Crippen LogP contribution in [0.15, 0.2) is 0 Å². The topological polar surface area (TPSA) is 29.1 Å². The number of nitrogens with one attached hydrogen (secondary N) is 1. The molecule has 2 rings (SSSR count). The molecular formula is C15H26ClNO. The SMILES string of the molecule is O=C(CC1CCCCC1)NCC1CCCC1CCl. The van der Waals surface area contributed by atoms with Gasteiger partial charge in [0.25, 0.3) is 0 Å². The first-order valence-electron chi connectivity index (χ1n) is 7.62. The van der Waals surface area contributed by atoms with Crippen LogP contribution in [0.4, 0.5) is 0 Å². The van der Waals surface area contributed by atoms with Gasteiger partial charge in [-0.2, -0.15) is 0 Å². The predicted molar refractivity (Wildman–Crippen MR) is 75.8 cm³/mol. The Kier molecular flexibility index (Phi) is 5.81. The van der Waals surface area contributed by atoms with E-state index in [-0.39, 0.29) is 5.91 Å². The van der Waals surface area contributed by atoms with E-state index in [0.29, 0.717) is 17.8 Å². The third-order valence-corrected chi connectivity index (χ3v) is 5.17. The van der Waals surface area contributed by atoms with Gasteiger partial charge in [0.1, 0.15) is 0 Å². The molecule has 0 aromatic heterocycles. The Labute approximate surface area is 116 Å². The monoisotopic (exact) mass is 271 g/mol. The number of halogens is 1. The number of carbonyl (C=O) groups excluding carboxylic acids is 1. The summed E-state index contributed by atoms with van der Waals surface area (Å²) in [5.74, 6) is 2.91. The van der Waals surface area contributed by atoms with Crippen molar-refractivity contribution in [1.29, 1.82) is 0 Å². The van der Waals surface area contributed by atoms with E-state index in [1.807, 2.05) is 0 Å². The quantitative estimate of drug-likeness (QED) is 0.759. The Morgan fingerprint density at radius 3 is 2.44 bits per heavy atom. The molecule has 0 heterocycles. The van der Waals surface area contributed by atoms with Gasteiger partial charge in [-0.05, 0) is 43.4 Å². The van der Waals surface area contributed by atoms with Crippen LogP contribution in [0.5, 0.6) is 0 Å². The predicted octanol–water partition coefficient (Wildman–Crippen LogP) is 3.73. The second-order valence-corrected chi connectivity index (χ2v) is 6.43. The zero-order valence-corrected chi connectivity index (χ0v) is 12.1. The highest BCUT2D eigenvalue weighted by Crippen LogP contribution is 2.32. The van der Waals surface area contributed by atoms with Gasteiger partial charge in [-0.1, -0.05) is 25.7 Å². The molecular weight excluding hydrogens is 246 g/mol. The van der Waals surface area contributed by atoms with Gasteiger partial charge in [-0.15, -0.1) is 11.6 Å². The normalized spacial score (nSPS) is 29.4. The maximum absolute atomic E-state index is 11.9. The summed E-state index contributed by atoms with van der Waals surface area (Å²) in [5, 5.41) is 3.14. The molecule has 2 fully saturated rings. The largest absolute Gasteiger partial charge is 0.356 e. The maximum Gasteiger partial charge on any atom is 0.220 e. The van der Waals surface area contributed by atoms with Crippen LogP contribution in [0.1, 0.15) is 57.8 Å². The highest BCUT2D eigenvalue weighted by Gasteiger charge is 2.27. The molecule has 0 spiro atoms. The molecule has 2 saturated carbocycles. The fraction of sp³-hybridized carbons (Fsp3) is 0.933. The maximum atomic E-state index is 11.9. The lowest BCUT2D eigenvalue weighted by Gasteiger charge is -2.22. The number of hydrogen-bond donors (Lipinski definition) is 1. The Morgan fingerprint density at radius 2 is 1.72 bits per heavy atom. The molecule has 1 amide bonds. The fourth-order valence-electron chi connectivity index (χ4n) is 3.56. The highest BCUT2D eigenvalue weighted by atomic mass is 35.5. The average Bonchev–Trinajstić information content (AvgIpc) is 2.85. The van der Waals surface area contributed by atoms with Crippen LogP contribution in [0.2, 0.25) is 0 Å². The molecule has 0 aromatic rings. The molecule has 0 aromatic carbocycles. The third kappa shape index (κ3) is 4.15. The summed E-state index contributed by atoms with van der Waals surface area (Å²) in [6.07, 6.45) is 11.0. The zero-order valence-electron chi connectivity index (χ0n) is 11.3. The third-order valence-electron chi connectivity index (χ3n) is 4.77. The van der Waals surface area contributed by atoms with Crippen molar-refractivity contribution in [2.45, 2.75) is 57.8 Å². The summed E-state index contributed by atoms with van der Waals surface area (Å²) < 4.78 is 0. The second kappa shape index (κ2) is 7.37. The lowest BCUT2D eigenvalue weighted by molar-refractivity contribution is -0.122. The van der Waals surface area contributed by atoms with Gasteiger partial charge in [-0.25, -0.2) is 0 Å². The Bertz CT molecular complexity index is 263. The Hall–Kier alpha value is -0.240. The van der Waals surface area contributed by atoms with E-state index in [1.54, 1.807) is 0 Å². The van der Waals surface area contributed by atoms with E-state index in [1.165, 1.54) is 51.4 Å². The van der Waals surface area contributed by atoms with E-state index < -0.39 is 0 Å². The Balaban J connectivity index is 1.64. The summed E-state index contributed by atoms with van der Waals surface area (Å²) >= 11 is 5.96. The van der Waals surface area contributed by atoms with E-state index in [9.17, 15) is 4.79 Å². The minimum Gasteiger partial charge on any atom is -0.356 e. The fourth-order valence-corrected chi connectivity index (χ4v) is 3.96. The molecule has 0 saturated heterocycles. The Morgan fingerprint density at radius 1 is 1.00 bits per heavy atom. The second-order valence-electron chi connectivity index (χ2n) is 6.12. The van der Waals surface area contributed by atoms with Crippen LogP contribution < -0.4 is 5.32 Å². The smallest absolute Gasteiger partial charge is 0.220 e. The number of rotatable bonds is 5. The molecule has 104 valence electrons. The minimum atomic E-state index is 0.266. The molecule has 1 N–H and O–H groups in total. The van der Waals surface area contributed by atoms with Gasteiger partial charge in [0.15, 0.2) is 0 Å². The zero-order chi connectivity index (χ0) is 12.8. The van der Waals surface area contributed by atoms with Crippen molar-refractivity contribution in [3.8, 4) is 0 Å². The molecule has 2 aliphatic carbocycles. The van der Waals surface area contributed by atoms with Crippen LogP contribution in [0.3, 0.4) is 0 Å². The summed E-state index contributed by atoms with van der Waals surface area (Å²) in [6.45, 7) is 0.850. The molecule has 2 aliphatic rings. The molecule has 0 aliphatic heterocycles. The van der Waals surface area contributed by atoms with Gasteiger partial charge >= 0.3 is 0 Å². The van der Waals surface area contributed by atoms with E-state index in [2.05, 4.69) is 5.32 Å². The van der Waals surface area contributed by atoms with Gasteiger partial charge in [-0.3, -0.25) is 4.79 Å². The van der Waals surface area contributed by atoms with Crippen LogP contribution in [0.25, 0.3) is 0 Å². The lowest BCUT2D eigenvalue weighted by atomic mass is 9.87. The van der Waals surface area contributed by atoms with Crippen molar-refractivity contribution in [3.63, 3.8) is 0 Å². The molecule has 2 nitrogen and oxygen atoms in total. The first-order chi connectivity index (χ1) is 8.79. The summed E-state index contributed by atoms with van der Waals surface area (Å²) in [7, 11) is 0. The molecule has 2 unspecified atom stereocenters. The van der Waals surface area contributed by atoms with Crippen molar-refractivity contribution >= 4 is 17.5 Å². The van der Waals surface area contributed by atoms with Gasteiger partial charge in [0.2, 0.25) is 5.91 Å². The lowest BCUT2D eigenvalue weighted by Crippen LogP contribution is -2.32. The summed E-state index contributed by atoms with van der Waals surface area (Å²) in [6, 6.07) is 0. The van der Waals surface area contributed by atoms with E-state index in [4.69, 9.17) is 11.6 Å². The van der Waals surface area contributed by atoms with Crippen LogP contribution in [-0.4, -0.2) is 18.3 Å². The number of alkyl halides is 1. The summed E-state index contributed by atoms with van der Waals surface area (Å²) in [5.41, 5.74) is 0. The molecule has 2 atom stereocenters. The number of carbonyl (C=O) groups is 1. The van der Waals surface area contributed by atoms with Gasteiger partial charge < -0.3 is 5.32 Å². The van der Waals surface area contributed by atoms with Crippen LogP contribution >= 0.6 is 11.6 Å².